The summed E-state index contributed by atoms with van der Waals surface area (Å²) in [5.74, 6) is -3.30. The highest BCUT2D eigenvalue weighted by Crippen LogP contribution is 2.43. The number of nitrogens with zero attached hydrogens (tertiary/aromatic N) is 2. The smallest absolute Gasteiger partial charge is 0.355 e. The van der Waals surface area contributed by atoms with Gasteiger partial charge in [-0.25, -0.2) is 14.0 Å². The van der Waals surface area contributed by atoms with Gasteiger partial charge in [0.2, 0.25) is 0 Å². The second kappa shape index (κ2) is 9.02. The molecular formula is C22H17BrFN3O4. The van der Waals surface area contributed by atoms with E-state index in [1.165, 1.54) is 24.1 Å². The molecule has 0 bridgehead atoms. The Morgan fingerprint density at radius 3 is 2.32 bits per heavy atom. The zero-order chi connectivity index (χ0) is 22.7. The van der Waals surface area contributed by atoms with Crippen molar-refractivity contribution in [2.75, 3.05) is 19.1 Å². The molecule has 0 amide bonds. The van der Waals surface area contributed by atoms with Crippen molar-refractivity contribution in [1.82, 2.24) is 0 Å². The van der Waals surface area contributed by atoms with Gasteiger partial charge < -0.3 is 15.2 Å². The summed E-state index contributed by atoms with van der Waals surface area (Å²) in [5.41, 5.74) is 6.83. The first kappa shape index (κ1) is 22.1. The number of methoxy groups -OCH3 is 2. The lowest BCUT2D eigenvalue weighted by atomic mass is 9.81. The number of anilines is 1. The molecule has 0 fully saturated rings. The minimum Gasteiger partial charge on any atom is -0.466 e. The molecule has 7 nitrogen and oxygen atoms in total. The minimum absolute atomic E-state index is 0.0275. The second-order valence-electron chi connectivity index (χ2n) is 6.43. The largest absolute Gasteiger partial charge is 0.466 e. The van der Waals surface area contributed by atoms with Gasteiger partial charge in [-0.2, -0.15) is 5.26 Å². The van der Waals surface area contributed by atoms with Crippen LogP contribution in [-0.4, -0.2) is 26.2 Å². The first-order chi connectivity index (χ1) is 14.8. The van der Waals surface area contributed by atoms with Crippen molar-refractivity contribution in [3.8, 4) is 6.07 Å². The van der Waals surface area contributed by atoms with Gasteiger partial charge in [-0.3, -0.25) is 4.90 Å². The number of rotatable bonds is 4. The number of carbonyl (C=O) groups excluding carboxylic acids is 2. The fourth-order valence-electron chi connectivity index (χ4n) is 3.41. The van der Waals surface area contributed by atoms with Crippen LogP contribution in [0.5, 0.6) is 0 Å². The van der Waals surface area contributed by atoms with E-state index in [4.69, 9.17) is 15.2 Å². The van der Waals surface area contributed by atoms with Gasteiger partial charge in [0.1, 0.15) is 17.3 Å². The lowest BCUT2D eigenvalue weighted by Crippen LogP contribution is -2.40. The van der Waals surface area contributed by atoms with Crippen LogP contribution in [-0.2, 0) is 19.1 Å². The lowest BCUT2D eigenvalue weighted by molar-refractivity contribution is -0.139. The summed E-state index contributed by atoms with van der Waals surface area (Å²) in [6, 6.07) is 14.6. The molecule has 2 N–H and O–H groups in total. The number of hydrogen-bond donors (Lipinski definition) is 1. The van der Waals surface area contributed by atoms with Gasteiger partial charge in [0.25, 0.3) is 0 Å². The molecular weight excluding hydrogens is 469 g/mol. The molecule has 0 aliphatic carbocycles. The van der Waals surface area contributed by atoms with Crippen LogP contribution in [0.3, 0.4) is 0 Å². The molecule has 1 heterocycles. The molecule has 1 aliphatic rings. The SMILES string of the molecule is COC(=O)C1=C(C(=O)OC)N(c2ccc(F)c(Br)c2)C(N)=C(C#N)C1c1ccccc1. The van der Waals surface area contributed by atoms with Gasteiger partial charge >= 0.3 is 11.9 Å². The Morgan fingerprint density at radius 2 is 1.77 bits per heavy atom. The zero-order valence-corrected chi connectivity index (χ0v) is 18.1. The molecule has 31 heavy (non-hydrogen) atoms. The van der Waals surface area contributed by atoms with Crippen molar-refractivity contribution in [2.45, 2.75) is 5.92 Å². The number of halogens is 2. The monoisotopic (exact) mass is 485 g/mol. The number of ether oxygens (including phenoxy) is 2. The van der Waals surface area contributed by atoms with E-state index in [0.717, 1.165) is 13.2 Å². The minimum atomic E-state index is -0.965. The maximum absolute atomic E-state index is 13.8. The third-order valence-corrected chi connectivity index (χ3v) is 5.38. The number of esters is 2. The standard InChI is InChI=1S/C22H17BrFN3O4/c1-30-21(28)18-17(12-6-4-3-5-7-12)14(11-25)20(26)27(19(18)22(29)31-2)13-8-9-16(24)15(23)10-13/h3-10,17H,26H2,1-2H3. The van der Waals surface area contributed by atoms with Crippen LogP contribution >= 0.6 is 15.9 Å². The predicted molar refractivity (Wildman–Crippen MR) is 114 cm³/mol. The van der Waals surface area contributed by atoms with Crippen LogP contribution in [0.2, 0.25) is 0 Å². The molecule has 1 atom stereocenters. The molecule has 9 heteroatoms. The number of benzene rings is 2. The van der Waals surface area contributed by atoms with E-state index in [2.05, 4.69) is 15.9 Å². The summed E-state index contributed by atoms with van der Waals surface area (Å²) in [6.07, 6.45) is 0. The van der Waals surface area contributed by atoms with Crippen LogP contribution in [0.25, 0.3) is 0 Å². The average Bonchev–Trinajstić information content (AvgIpc) is 2.79. The molecule has 0 radical (unpaired) electrons. The number of carbonyl (C=O) groups is 2. The van der Waals surface area contributed by atoms with E-state index in [1.807, 2.05) is 6.07 Å². The molecule has 1 aliphatic heterocycles. The molecule has 3 rings (SSSR count). The van der Waals surface area contributed by atoms with Crippen molar-refractivity contribution in [1.29, 1.82) is 5.26 Å². The molecule has 0 saturated heterocycles. The van der Waals surface area contributed by atoms with E-state index in [9.17, 15) is 19.2 Å². The Bertz CT molecular complexity index is 1160. The third kappa shape index (κ3) is 3.90. The van der Waals surface area contributed by atoms with E-state index in [1.54, 1.807) is 30.3 Å². The van der Waals surface area contributed by atoms with Crippen LogP contribution in [0.1, 0.15) is 11.5 Å². The Hall–Kier alpha value is -3.64. The first-order valence-corrected chi connectivity index (χ1v) is 9.75. The quantitative estimate of drug-likeness (QED) is 0.660. The maximum atomic E-state index is 13.8. The number of nitrogens with two attached hydrogens (primary N) is 1. The Kier molecular flexibility index (Phi) is 6.42. The summed E-state index contributed by atoms with van der Waals surface area (Å²) < 4.78 is 23.8. The Morgan fingerprint density at radius 1 is 1.13 bits per heavy atom. The van der Waals surface area contributed by atoms with Crippen molar-refractivity contribution in [2.24, 2.45) is 5.73 Å². The fraction of sp³-hybridized carbons (Fsp3) is 0.136. The van der Waals surface area contributed by atoms with Crippen LogP contribution in [0.15, 0.2) is 75.7 Å². The summed E-state index contributed by atoms with van der Waals surface area (Å²) in [5, 5.41) is 9.94. The molecule has 158 valence electrons. The van der Waals surface area contributed by atoms with Crippen molar-refractivity contribution >= 4 is 33.6 Å². The fourth-order valence-corrected chi connectivity index (χ4v) is 3.77. The Balaban J connectivity index is 2.41. The topological polar surface area (TPSA) is 106 Å². The highest BCUT2D eigenvalue weighted by atomic mass is 79.9. The van der Waals surface area contributed by atoms with Gasteiger partial charge in [-0.15, -0.1) is 0 Å². The van der Waals surface area contributed by atoms with Crippen LogP contribution < -0.4 is 10.6 Å². The lowest BCUT2D eigenvalue weighted by Gasteiger charge is -2.36. The highest BCUT2D eigenvalue weighted by Gasteiger charge is 2.43. The molecule has 0 aromatic heterocycles. The predicted octanol–water partition coefficient (Wildman–Crippen LogP) is 3.49. The van der Waals surface area contributed by atoms with E-state index in [-0.39, 0.29) is 32.8 Å². The molecule has 0 spiro atoms. The molecule has 0 saturated carbocycles. The van der Waals surface area contributed by atoms with Crippen LogP contribution in [0.4, 0.5) is 10.1 Å². The average molecular weight is 486 g/mol. The molecule has 2 aromatic carbocycles. The van der Waals surface area contributed by atoms with Gasteiger partial charge in [0.15, 0.2) is 0 Å². The highest BCUT2D eigenvalue weighted by molar-refractivity contribution is 9.10. The molecule has 2 aromatic rings. The number of allylic oxidation sites excluding steroid dienone is 1. The molecule has 1 unspecified atom stereocenters. The number of hydrogen-bond acceptors (Lipinski definition) is 7. The zero-order valence-electron chi connectivity index (χ0n) is 16.6. The maximum Gasteiger partial charge on any atom is 0.355 e. The van der Waals surface area contributed by atoms with Gasteiger partial charge in [-0.1, -0.05) is 30.3 Å². The van der Waals surface area contributed by atoms with Gasteiger partial charge in [0.05, 0.1) is 41.8 Å². The summed E-state index contributed by atoms with van der Waals surface area (Å²) in [7, 11) is 2.32. The second-order valence-corrected chi connectivity index (χ2v) is 7.29. The number of nitriles is 1. The Labute approximate surface area is 186 Å². The third-order valence-electron chi connectivity index (χ3n) is 4.77. The van der Waals surface area contributed by atoms with E-state index >= 15 is 0 Å². The summed E-state index contributed by atoms with van der Waals surface area (Å²) in [4.78, 5) is 27.0. The van der Waals surface area contributed by atoms with Crippen molar-refractivity contribution in [3.63, 3.8) is 0 Å². The van der Waals surface area contributed by atoms with Crippen molar-refractivity contribution < 1.29 is 23.5 Å². The normalized spacial score (nSPS) is 16.1. The van der Waals surface area contributed by atoms with Crippen molar-refractivity contribution in [3.05, 3.63) is 87.0 Å². The van der Waals surface area contributed by atoms with E-state index < -0.39 is 23.7 Å². The summed E-state index contributed by atoms with van der Waals surface area (Å²) in [6.45, 7) is 0. The van der Waals surface area contributed by atoms with Gasteiger partial charge in [0, 0.05) is 5.69 Å². The van der Waals surface area contributed by atoms with Crippen LogP contribution in [0, 0.1) is 17.1 Å². The van der Waals surface area contributed by atoms with Gasteiger partial charge in [-0.05, 0) is 39.7 Å². The van der Waals surface area contributed by atoms with E-state index in [0.29, 0.717) is 5.56 Å². The first-order valence-electron chi connectivity index (χ1n) is 8.96. The summed E-state index contributed by atoms with van der Waals surface area (Å²) >= 11 is 3.10.